The minimum atomic E-state index is -5.20. The summed E-state index contributed by atoms with van der Waals surface area (Å²) in [6.45, 7) is 3.40. The van der Waals surface area contributed by atoms with Crippen LogP contribution >= 0.6 is 0 Å². The molecule has 6 nitrogen and oxygen atoms in total. The van der Waals surface area contributed by atoms with Crippen LogP contribution in [0.3, 0.4) is 0 Å². The van der Waals surface area contributed by atoms with Crippen molar-refractivity contribution in [2.45, 2.75) is 25.7 Å². The molecule has 3 N–H and O–H groups in total. The molecular formula is C18H19F3N3O3+. The Morgan fingerprint density at radius 3 is 2.19 bits per heavy atom. The smallest absolute Gasteiger partial charge is 0.464 e. The van der Waals surface area contributed by atoms with Crippen molar-refractivity contribution >= 4 is 17.7 Å². The molecule has 0 unspecified atom stereocenters. The summed E-state index contributed by atoms with van der Waals surface area (Å²) < 4.78 is 46.2. The minimum Gasteiger partial charge on any atom is -0.464 e. The van der Waals surface area contributed by atoms with E-state index in [1.807, 2.05) is 5.32 Å². The fourth-order valence-electron chi connectivity index (χ4n) is 2.35. The van der Waals surface area contributed by atoms with Crippen LogP contribution in [0.15, 0.2) is 42.5 Å². The van der Waals surface area contributed by atoms with Crippen molar-refractivity contribution < 1.29 is 32.5 Å². The average molecular weight is 382 g/mol. The van der Waals surface area contributed by atoms with Crippen LogP contribution in [-0.2, 0) is 9.53 Å². The van der Waals surface area contributed by atoms with Crippen LogP contribution in [0.1, 0.15) is 21.6 Å². The molecule has 2 aromatic rings. The lowest BCUT2D eigenvalue weighted by Crippen LogP contribution is -2.69. The van der Waals surface area contributed by atoms with Crippen molar-refractivity contribution in [2.24, 2.45) is 0 Å². The summed E-state index contributed by atoms with van der Waals surface area (Å²) in [5.74, 6) is -2.91. The lowest BCUT2D eigenvalue weighted by molar-refractivity contribution is -0.372. The zero-order valence-electron chi connectivity index (χ0n) is 14.9. The molecule has 0 saturated carbocycles. The number of pyridine rings is 1. The van der Waals surface area contributed by atoms with E-state index in [0.29, 0.717) is 5.69 Å². The van der Waals surface area contributed by atoms with E-state index in [4.69, 9.17) is 0 Å². The molecule has 1 aromatic carbocycles. The number of carbonyl (C=O) groups is 2. The first-order chi connectivity index (χ1) is 12.6. The number of rotatable bonds is 5. The van der Waals surface area contributed by atoms with E-state index in [9.17, 15) is 22.8 Å². The first-order valence-electron chi connectivity index (χ1n) is 7.90. The average Bonchev–Trinajstić information content (AvgIpc) is 2.60. The molecule has 2 rings (SSSR count). The lowest BCUT2D eigenvalue weighted by Gasteiger charge is -2.30. The number of amides is 1. The molecule has 0 saturated heterocycles. The summed E-state index contributed by atoms with van der Waals surface area (Å²) in [6, 6.07) is 10.3. The molecule has 9 heteroatoms. The summed E-state index contributed by atoms with van der Waals surface area (Å²) >= 11 is 0. The van der Waals surface area contributed by atoms with Gasteiger partial charge in [-0.2, -0.15) is 13.2 Å². The van der Waals surface area contributed by atoms with E-state index >= 15 is 0 Å². The maximum absolute atomic E-state index is 13.9. The third-order valence-electron chi connectivity index (χ3n) is 3.79. The fraction of sp³-hybridized carbons (Fsp3) is 0.278. The predicted octanol–water partition coefficient (Wildman–Crippen LogP) is 2.39. The van der Waals surface area contributed by atoms with E-state index in [0.717, 1.165) is 12.7 Å². The number of aromatic nitrogens is 1. The first-order valence-corrected chi connectivity index (χ1v) is 7.90. The lowest BCUT2D eigenvalue weighted by atomic mass is 10.1. The van der Waals surface area contributed by atoms with Gasteiger partial charge in [-0.3, -0.25) is 10.1 Å². The molecule has 1 atom stereocenters. The van der Waals surface area contributed by atoms with Gasteiger partial charge in [0.1, 0.15) is 0 Å². The summed E-state index contributed by atoms with van der Waals surface area (Å²) in [5, 5.41) is 3.80. The van der Waals surface area contributed by atoms with Crippen LogP contribution in [0.25, 0.3) is 0 Å². The molecular weight excluding hydrogens is 363 g/mol. The van der Waals surface area contributed by atoms with Gasteiger partial charge in [-0.25, -0.2) is 15.1 Å². The van der Waals surface area contributed by atoms with E-state index < -0.39 is 23.7 Å². The molecule has 1 heterocycles. The number of alkyl halides is 3. The second kappa shape index (κ2) is 7.65. The van der Waals surface area contributed by atoms with Gasteiger partial charge in [-0.05, 0) is 32.0 Å². The van der Waals surface area contributed by atoms with Crippen LogP contribution in [0.5, 0.6) is 0 Å². The number of nitrogens with one attached hydrogen (secondary N) is 3. The molecule has 0 radical (unpaired) electrons. The molecule has 1 aromatic heterocycles. The Hall–Kier alpha value is -3.10. The van der Waals surface area contributed by atoms with E-state index in [2.05, 4.69) is 9.72 Å². The van der Waals surface area contributed by atoms with Gasteiger partial charge in [-0.1, -0.05) is 23.8 Å². The standard InChI is InChI=1S/C18H18F3N3O3/c1-11-7-9-13(10-8-11)15(25)24-17(16(26)27-3,18(19,20)21)23-14-6-4-5-12(2)22-14/h4-10H,1-3H3,(H,22,23)(H,24,25)/p+1/t17-/m1/s1. The van der Waals surface area contributed by atoms with Crippen molar-refractivity contribution in [2.75, 3.05) is 12.4 Å². The maximum Gasteiger partial charge on any atom is 0.464 e. The highest BCUT2D eigenvalue weighted by Gasteiger charge is 2.67. The number of anilines is 1. The fourth-order valence-corrected chi connectivity index (χ4v) is 2.35. The molecule has 27 heavy (non-hydrogen) atoms. The third kappa shape index (κ3) is 4.36. The Kier molecular flexibility index (Phi) is 5.72. The number of hydrogen-bond donors (Lipinski definition) is 2. The highest BCUT2D eigenvalue weighted by molar-refractivity contribution is 5.99. The third-order valence-corrected chi connectivity index (χ3v) is 3.79. The SMILES string of the molecule is COC(=O)[C@](NC(=O)c1ccc(C)cc1)(Nc1cccc(C)[nH+]1)C(F)(F)F. The number of carbonyl (C=O) groups excluding carboxylic acids is 2. The number of hydrogen-bond acceptors (Lipinski definition) is 4. The van der Waals surface area contributed by atoms with E-state index in [1.54, 1.807) is 37.4 Å². The van der Waals surface area contributed by atoms with Gasteiger partial charge >= 0.3 is 17.8 Å². The van der Waals surface area contributed by atoms with Crippen LogP contribution in [0.4, 0.5) is 19.0 Å². The molecule has 0 bridgehead atoms. The summed E-state index contributed by atoms with van der Waals surface area (Å²) in [7, 11) is 0.808. The van der Waals surface area contributed by atoms with Crippen molar-refractivity contribution in [3.8, 4) is 0 Å². The number of halogens is 3. The quantitative estimate of drug-likeness (QED) is 0.615. The van der Waals surface area contributed by atoms with Gasteiger partial charge in [0.05, 0.1) is 12.8 Å². The van der Waals surface area contributed by atoms with Crippen LogP contribution in [-0.4, -0.2) is 30.8 Å². The molecule has 0 aliphatic rings. The minimum absolute atomic E-state index is 0.0341. The number of benzene rings is 1. The number of ether oxygens (including phenoxy) is 1. The predicted molar refractivity (Wildman–Crippen MR) is 90.8 cm³/mol. The summed E-state index contributed by atoms with van der Waals surface area (Å²) in [6.07, 6.45) is -5.20. The Bertz CT molecular complexity index is 838. The van der Waals surface area contributed by atoms with Gasteiger partial charge < -0.3 is 4.74 Å². The molecule has 1 amide bonds. The van der Waals surface area contributed by atoms with Crippen molar-refractivity contribution in [3.05, 3.63) is 59.3 Å². The number of methoxy groups -OCH3 is 1. The number of aryl methyl sites for hydroxylation is 2. The zero-order valence-corrected chi connectivity index (χ0v) is 14.9. The molecule has 144 valence electrons. The molecule has 0 fully saturated rings. The van der Waals surface area contributed by atoms with E-state index in [1.165, 1.54) is 24.3 Å². The van der Waals surface area contributed by atoms with Crippen molar-refractivity contribution in [1.29, 1.82) is 0 Å². The van der Waals surface area contributed by atoms with Crippen LogP contribution in [0.2, 0.25) is 0 Å². The maximum atomic E-state index is 13.9. The largest absolute Gasteiger partial charge is 0.464 e. The van der Waals surface area contributed by atoms with Crippen molar-refractivity contribution in [3.63, 3.8) is 0 Å². The number of aromatic amines is 1. The van der Waals surface area contributed by atoms with Gasteiger partial charge in [0.2, 0.25) is 0 Å². The van der Waals surface area contributed by atoms with E-state index in [-0.39, 0.29) is 11.4 Å². The topological polar surface area (TPSA) is 81.6 Å². The Morgan fingerprint density at radius 1 is 1.04 bits per heavy atom. The summed E-state index contributed by atoms with van der Waals surface area (Å²) in [4.78, 5) is 27.2. The Morgan fingerprint density at radius 2 is 1.67 bits per heavy atom. The number of H-pyrrole nitrogens is 1. The summed E-state index contributed by atoms with van der Waals surface area (Å²) in [5.41, 5.74) is -2.14. The van der Waals surface area contributed by atoms with Gasteiger partial charge in [0, 0.05) is 11.6 Å². The Balaban J connectivity index is 2.48. The number of esters is 1. The highest BCUT2D eigenvalue weighted by Crippen LogP contribution is 2.32. The monoisotopic (exact) mass is 382 g/mol. The van der Waals surface area contributed by atoms with Crippen LogP contribution < -0.4 is 15.6 Å². The molecule has 0 spiro atoms. The molecule has 0 aliphatic heterocycles. The highest BCUT2D eigenvalue weighted by atomic mass is 19.4. The van der Waals surface area contributed by atoms with Gasteiger partial charge in [-0.15, -0.1) is 0 Å². The molecule has 0 aliphatic carbocycles. The Labute approximate surface area is 153 Å². The first kappa shape index (κ1) is 20.2. The van der Waals surface area contributed by atoms with Crippen LogP contribution in [0, 0.1) is 13.8 Å². The second-order valence-electron chi connectivity index (χ2n) is 5.93. The normalized spacial score (nSPS) is 13.4. The second-order valence-corrected chi connectivity index (χ2v) is 5.93. The van der Waals surface area contributed by atoms with Gasteiger partial charge in [0.25, 0.3) is 11.7 Å². The zero-order chi connectivity index (χ0) is 20.2. The van der Waals surface area contributed by atoms with Gasteiger partial charge in [0.15, 0.2) is 0 Å². The van der Waals surface area contributed by atoms with Crippen molar-refractivity contribution in [1.82, 2.24) is 5.32 Å².